The van der Waals surface area contributed by atoms with E-state index < -0.39 is 5.54 Å². The van der Waals surface area contributed by atoms with Gasteiger partial charge in [0.1, 0.15) is 0 Å². The van der Waals surface area contributed by atoms with Crippen molar-refractivity contribution >= 4 is 33.7 Å². The first-order valence-electron chi connectivity index (χ1n) is 5.21. The second kappa shape index (κ2) is 4.74. The lowest BCUT2D eigenvalue weighted by atomic mass is 9.94. The smallest absolute Gasteiger partial charge is 0.358 e. The summed E-state index contributed by atoms with van der Waals surface area (Å²) in [6, 6.07) is 9.93. The van der Waals surface area contributed by atoms with Crippen molar-refractivity contribution in [3.63, 3.8) is 0 Å². The summed E-state index contributed by atoms with van der Waals surface area (Å²) >= 11 is 2.85. The average molecular weight is 266 g/mol. The van der Waals surface area contributed by atoms with Gasteiger partial charge in [-0.3, -0.25) is 0 Å². The van der Waals surface area contributed by atoms with E-state index in [0.717, 1.165) is 15.3 Å². The maximum Gasteiger partial charge on any atom is 0.358 e. The van der Waals surface area contributed by atoms with Crippen LogP contribution < -0.4 is 0 Å². The number of thioether (sulfide) groups is 2. The van der Waals surface area contributed by atoms with Gasteiger partial charge in [0.05, 0.1) is 0 Å². The lowest BCUT2D eigenvalue weighted by Crippen LogP contribution is -2.28. The summed E-state index contributed by atoms with van der Waals surface area (Å²) in [5, 5.41) is 13.3. The predicted molar refractivity (Wildman–Crippen MR) is 76.9 cm³/mol. The second-order valence-corrected chi connectivity index (χ2v) is 5.41. The van der Waals surface area contributed by atoms with Crippen LogP contribution in [0, 0.1) is 5.21 Å². The first-order chi connectivity index (χ1) is 8.13. The zero-order valence-corrected chi connectivity index (χ0v) is 11.6. The Bertz CT molecular complexity index is 485. The molecule has 90 valence electrons. The third kappa shape index (κ3) is 1.98. The molecule has 0 saturated heterocycles. The number of nitrogens with zero attached hydrogens (tertiary/aromatic N) is 2. The summed E-state index contributed by atoms with van der Waals surface area (Å²) in [4.78, 5) is 4.58. The van der Waals surface area contributed by atoms with Gasteiger partial charge in [0.2, 0.25) is 5.54 Å². The van der Waals surface area contributed by atoms with E-state index in [9.17, 15) is 5.21 Å². The van der Waals surface area contributed by atoms with E-state index in [-0.39, 0.29) is 0 Å². The molecule has 17 heavy (non-hydrogen) atoms. The van der Waals surface area contributed by atoms with Crippen LogP contribution in [0.1, 0.15) is 12.5 Å². The van der Waals surface area contributed by atoms with Crippen LogP contribution in [-0.4, -0.2) is 27.5 Å². The number of hydroxylamine groups is 1. The lowest BCUT2D eigenvalue weighted by Gasteiger charge is -2.17. The molecule has 0 aliphatic carbocycles. The fourth-order valence-corrected chi connectivity index (χ4v) is 3.33. The Labute approximate surface area is 110 Å². The molecule has 1 unspecified atom stereocenters. The SMILES string of the molecule is CSC1=NC(C)(c2ccccc2)C(SC)=[N+]1[O-]. The summed E-state index contributed by atoms with van der Waals surface area (Å²) in [5.74, 6) is 0. The topological polar surface area (TPSA) is 38.4 Å². The molecule has 0 bridgehead atoms. The van der Waals surface area contributed by atoms with Gasteiger partial charge in [-0.2, -0.15) is 0 Å². The third-order valence-corrected chi connectivity index (χ3v) is 4.38. The van der Waals surface area contributed by atoms with E-state index in [1.165, 1.54) is 23.5 Å². The third-order valence-electron chi connectivity index (χ3n) is 2.81. The molecular formula is C12H14N2OS2. The van der Waals surface area contributed by atoms with Gasteiger partial charge < -0.3 is 5.21 Å². The molecule has 0 aromatic heterocycles. The minimum absolute atomic E-state index is 0.528. The van der Waals surface area contributed by atoms with Gasteiger partial charge >= 0.3 is 5.17 Å². The number of hydrogen-bond donors (Lipinski definition) is 0. The molecule has 1 atom stereocenters. The Balaban J connectivity index is 2.55. The molecule has 1 aliphatic rings. The molecule has 1 aromatic carbocycles. The Morgan fingerprint density at radius 1 is 1.18 bits per heavy atom. The lowest BCUT2D eigenvalue weighted by molar-refractivity contribution is -0.312. The summed E-state index contributed by atoms with van der Waals surface area (Å²) in [7, 11) is 0. The maximum absolute atomic E-state index is 12.1. The molecule has 0 fully saturated rings. The van der Waals surface area contributed by atoms with E-state index in [0.29, 0.717) is 5.17 Å². The van der Waals surface area contributed by atoms with E-state index in [1.807, 2.05) is 49.8 Å². The van der Waals surface area contributed by atoms with E-state index in [1.54, 1.807) is 0 Å². The Morgan fingerprint density at radius 3 is 2.35 bits per heavy atom. The minimum Gasteiger partial charge on any atom is -0.709 e. The average Bonchev–Trinajstić information content (AvgIpc) is 2.62. The maximum atomic E-state index is 12.1. The van der Waals surface area contributed by atoms with Crippen molar-refractivity contribution in [3.05, 3.63) is 41.1 Å². The molecule has 0 saturated carbocycles. The van der Waals surface area contributed by atoms with Crippen molar-refractivity contribution in [3.8, 4) is 0 Å². The predicted octanol–water partition coefficient (Wildman–Crippen LogP) is 2.91. The van der Waals surface area contributed by atoms with Crippen LogP contribution in [0.25, 0.3) is 0 Å². The second-order valence-electron chi connectivity index (χ2n) is 3.84. The quantitative estimate of drug-likeness (QED) is 0.579. The number of benzene rings is 1. The van der Waals surface area contributed by atoms with Crippen molar-refractivity contribution in [1.29, 1.82) is 0 Å². The summed E-state index contributed by atoms with van der Waals surface area (Å²) in [6.45, 7) is 1.99. The number of rotatable bonds is 1. The van der Waals surface area contributed by atoms with E-state index in [2.05, 4.69) is 4.99 Å². The minimum atomic E-state index is -0.541. The van der Waals surface area contributed by atoms with E-state index in [4.69, 9.17) is 0 Å². The van der Waals surface area contributed by atoms with Crippen LogP contribution in [0.15, 0.2) is 35.3 Å². The van der Waals surface area contributed by atoms with Crippen LogP contribution in [0.4, 0.5) is 0 Å². The molecule has 1 aromatic rings. The van der Waals surface area contributed by atoms with Crippen LogP contribution in [0.3, 0.4) is 0 Å². The van der Waals surface area contributed by atoms with Crippen molar-refractivity contribution in [2.75, 3.05) is 12.5 Å². The molecule has 3 nitrogen and oxygen atoms in total. The first-order valence-corrected chi connectivity index (χ1v) is 7.66. The number of hydrogen-bond acceptors (Lipinski definition) is 4. The Hall–Kier alpha value is -0.940. The fourth-order valence-electron chi connectivity index (χ4n) is 1.93. The standard InChI is InChI=1S/C12H14N2OS2/c1-12(9-7-5-4-6-8-9)10(16-2)14(15)11(13-12)17-3/h4-8H,1-3H3. The molecule has 5 heteroatoms. The summed E-state index contributed by atoms with van der Waals surface area (Å²) in [5.41, 5.74) is 0.509. The van der Waals surface area contributed by atoms with Crippen LogP contribution in [0.2, 0.25) is 0 Å². The van der Waals surface area contributed by atoms with Gasteiger partial charge in [-0.25, -0.2) is 4.74 Å². The van der Waals surface area contributed by atoms with Crippen LogP contribution >= 0.6 is 23.5 Å². The molecule has 0 spiro atoms. The number of aliphatic imine (C=N–C) groups is 1. The van der Waals surface area contributed by atoms with Gasteiger partial charge in [-0.15, -0.1) is 0 Å². The van der Waals surface area contributed by atoms with Gasteiger partial charge in [0.25, 0.3) is 0 Å². The highest BCUT2D eigenvalue weighted by Gasteiger charge is 2.47. The van der Waals surface area contributed by atoms with Crippen LogP contribution in [-0.2, 0) is 5.54 Å². The molecule has 2 rings (SSSR count). The molecule has 0 N–H and O–H groups in total. The zero-order chi connectivity index (χ0) is 12.5. The van der Waals surface area contributed by atoms with Crippen molar-refractivity contribution in [1.82, 2.24) is 0 Å². The van der Waals surface area contributed by atoms with Crippen molar-refractivity contribution < 1.29 is 4.74 Å². The van der Waals surface area contributed by atoms with E-state index >= 15 is 0 Å². The molecule has 0 amide bonds. The van der Waals surface area contributed by atoms with Crippen molar-refractivity contribution in [2.24, 2.45) is 4.99 Å². The Morgan fingerprint density at radius 2 is 1.82 bits per heavy atom. The highest BCUT2D eigenvalue weighted by molar-refractivity contribution is 8.14. The van der Waals surface area contributed by atoms with Crippen molar-refractivity contribution in [2.45, 2.75) is 12.5 Å². The highest BCUT2D eigenvalue weighted by atomic mass is 32.2. The fraction of sp³-hybridized carbons (Fsp3) is 0.333. The normalized spacial score (nSPS) is 24.1. The highest BCUT2D eigenvalue weighted by Crippen LogP contribution is 2.36. The number of amidine groups is 1. The summed E-state index contributed by atoms with van der Waals surface area (Å²) in [6.07, 6.45) is 3.79. The molecular weight excluding hydrogens is 252 g/mol. The molecule has 0 radical (unpaired) electrons. The molecule has 1 aliphatic heterocycles. The zero-order valence-electron chi connectivity index (χ0n) is 10.0. The first kappa shape index (κ1) is 12.5. The van der Waals surface area contributed by atoms with Gasteiger partial charge in [0, 0.05) is 5.56 Å². The van der Waals surface area contributed by atoms with Gasteiger partial charge in [-0.1, -0.05) is 47.1 Å². The van der Waals surface area contributed by atoms with Gasteiger partial charge in [0.15, 0.2) is 5.04 Å². The van der Waals surface area contributed by atoms with Gasteiger partial charge in [-0.05, 0) is 31.2 Å². The van der Waals surface area contributed by atoms with Crippen LogP contribution in [0.5, 0.6) is 0 Å². The summed E-state index contributed by atoms with van der Waals surface area (Å²) < 4.78 is 0.947. The Kier molecular flexibility index (Phi) is 3.49. The largest absolute Gasteiger partial charge is 0.709 e. The molecule has 1 heterocycles. The monoisotopic (exact) mass is 266 g/mol.